The van der Waals surface area contributed by atoms with Crippen molar-refractivity contribution in [2.45, 2.75) is 70.9 Å². The molecule has 3 rings (SSSR count). The van der Waals surface area contributed by atoms with Crippen LogP contribution in [0.15, 0.2) is 54.3 Å². The van der Waals surface area contributed by atoms with Crippen LogP contribution in [0.5, 0.6) is 5.75 Å². The predicted molar refractivity (Wildman–Crippen MR) is 147 cm³/mol. The minimum absolute atomic E-state index is 0.0275. The number of benzene rings is 2. The number of hydrogen-bond donors (Lipinski definition) is 3. The largest absolute Gasteiger partial charge is 0.453 e. The monoisotopic (exact) mass is 557 g/mol. The summed E-state index contributed by atoms with van der Waals surface area (Å²) in [6.45, 7) is 5.35. The van der Waals surface area contributed by atoms with Crippen LogP contribution < -0.4 is 10.1 Å². The maximum absolute atomic E-state index is 13.8. The van der Waals surface area contributed by atoms with Gasteiger partial charge in [-0.15, -0.1) is 0 Å². The van der Waals surface area contributed by atoms with Crippen molar-refractivity contribution in [1.82, 2.24) is 10.2 Å². The standard InChI is InChI=1S/C29H33ClFN3O5/c1-17(32)12-23(16-35)39-25-10-8-20(13-21(25)15-31)27(36)33-18(2)28(37)34-24(9-11-26(34)29(3,4)38)19-6-5-7-22(30)14-19/h5-8,10,12-14,16,18,24,26,32,38H,9,11,15H2,1-4H3,(H,33,36)/b23-12+,32-17?/t18-,24?,26?/m1/s1. The number of likely N-dealkylation sites (tertiary alicyclic amines) is 1. The van der Waals surface area contributed by atoms with E-state index in [2.05, 4.69) is 5.32 Å². The molecule has 2 unspecified atom stereocenters. The number of rotatable bonds is 10. The molecule has 2 amide bonds. The number of carbonyl (C=O) groups is 3. The smallest absolute Gasteiger partial charge is 0.251 e. The van der Waals surface area contributed by atoms with Gasteiger partial charge in [0.15, 0.2) is 12.0 Å². The van der Waals surface area contributed by atoms with Crippen molar-refractivity contribution in [2.75, 3.05) is 0 Å². The van der Waals surface area contributed by atoms with Crippen molar-refractivity contribution >= 4 is 35.4 Å². The highest BCUT2D eigenvalue weighted by Crippen LogP contribution is 2.41. The van der Waals surface area contributed by atoms with Gasteiger partial charge in [-0.1, -0.05) is 23.7 Å². The highest BCUT2D eigenvalue weighted by Gasteiger charge is 2.45. The Bertz CT molecular complexity index is 1290. The van der Waals surface area contributed by atoms with Crippen LogP contribution in [0, 0.1) is 5.41 Å². The lowest BCUT2D eigenvalue weighted by Crippen LogP contribution is -2.54. The van der Waals surface area contributed by atoms with Crippen LogP contribution >= 0.6 is 11.6 Å². The molecule has 1 heterocycles. The number of alkyl halides is 1. The molecule has 0 aromatic heterocycles. The third-order valence-corrected chi connectivity index (χ3v) is 6.81. The van der Waals surface area contributed by atoms with Crippen LogP contribution in [0.4, 0.5) is 4.39 Å². The zero-order chi connectivity index (χ0) is 28.9. The number of halogens is 2. The summed E-state index contributed by atoms with van der Waals surface area (Å²) in [6, 6.07) is 9.49. The van der Waals surface area contributed by atoms with Crippen LogP contribution in [0.3, 0.4) is 0 Å². The molecule has 1 aliphatic rings. The number of allylic oxidation sites excluding steroid dienone is 2. The average Bonchev–Trinajstić information content (AvgIpc) is 3.33. The Morgan fingerprint density at radius 2 is 2.00 bits per heavy atom. The maximum Gasteiger partial charge on any atom is 0.251 e. The first-order valence-electron chi connectivity index (χ1n) is 12.5. The lowest BCUT2D eigenvalue weighted by atomic mass is 9.96. The number of nitrogens with zero attached hydrogens (tertiary/aromatic N) is 1. The molecule has 0 saturated carbocycles. The van der Waals surface area contributed by atoms with Crippen molar-refractivity contribution in [2.24, 2.45) is 0 Å². The molecule has 10 heteroatoms. The Kier molecular flexibility index (Phi) is 9.63. The van der Waals surface area contributed by atoms with Crippen molar-refractivity contribution in [1.29, 1.82) is 5.41 Å². The molecule has 0 spiro atoms. The molecule has 0 bridgehead atoms. The number of carbonyl (C=O) groups excluding carboxylic acids is 3. The second-order valence-corrected chi connectivity index (χ2v) is 10.6. The molecule has 1 saturated heterocycles. The van der Waals surface area contributed by atoms with E-state index in [-0.39, 0.29) is 40.3 Å². The van der Waals surface area contributed by atoms with Gasteiger partial charge in [0.2, 0.25) is 5.91 Å². The Hall–Kier alpha value is -3.56. The van der Waals surface area contributed by atoms with Gasteiger partial charge in [-0.25, -0.2) is 4.39 Å². The molecule has 1 fully saturated rings. The van der Waals surface area contributed by atoms with Crippen molar-refractivity contribution in [3.8, 4) is 5.75 Å². The van der Waals surface area contributed by atoms with E-state index in [0.29, 0.717) is 24.2 Å². The van der Waals surface area contributed by atoms with Crippen LogP contribution in [0.25, 0.3) is 0 Å². The number of ether oxygens (including phenoxy) is 1. The lowest BCUT2D eigenvalue weighted by molar-refractivity contribution is -0.141. The SMILES string of the molecule is CC(=N)/C=C(\C=O)Oc1ccc(C(=O)N[C@H](C)C(=O)N2C(c3cccc(Cl)c3)CCC2C(C)(C)O)cc1CF. The van der Waals surface area contributed by atoms with Gasteiger partial charge in [-0.2, -0.15) is 0 Å². The molecule has 2 aromatic rings. The van der Waals surface area contributed by atoms with Gasteiger partial charge >= 0.3 is 0 Å². The number of aldehydes is 1. The van der Waals surface area contributed by atoms with E-state index in [1.807, 2.05) is 6.07 Å². The van der Waals surface area contributed by atoms with E-state index in [4.69, 9.17) is 21.7 Å². The summed E-state index contributed by atoms with van der Waals surface area (Å²) in [7, 11) is 0. The van der Waals surface area contributed by atoms with Crippen LogP contribution in [-0.2, 0) is 16.3 Å². The van der Waals surface area contributed by atoms with Crippen molar-refractivity contribution in [3.05, 3.63) is 76.0 Å². The lowest BCUT2D eigenvalue weighted by Gasteiger charge is -2.38. The molecule has 8 nitrogen and oxygen atoms in total. The van der Waals surface area contributed by atoms with Crippen LogP contribution in [-0.4, -0.2) is 51.5 Å². The van der Waals surface area contributed by atoms with Gasteiger partial charge in [0.1, 0.15) is 18.5 Å². The van der Waals surface area contributed by atoms with Crippen LogP contribution in [0.1, 0.15) is 68.1 Å². The normalized spacial score (nSPS) is 18.4. The van der Waals surface area contributed by atoms with E-state index in [1.54, 1.807) is 43.9 Å². The summed E-state index contributed by atoms with van der Waals surface area (Å²) in [4.78, 5) is 39.6. The minimum Gasteiger partial charge on any atom is -0.453 e. The number of nitrogens with one attached hydrogen (secondary N) is 2. The fourth-order valence-corrected chi connectivity index (χ4v) is 4.97. The molecule has 2 aromatic carbocycles. The first-order valence-corrected chi connectivity index (χ1v) is 12.9. The number of amides is 2. The second kappa shape index (κ2) is 12.5. The summed E-state index contributed by atoms with van der Waals surface area (Å²) >= 11 is 6.19. The molecule has 0 radical (unpaired) electrons. The number of aliphatic hydroxyl groups is 1. The molecule has 3 N–H and O–H groups in total. The molecule has 39 heavy (non-hydrogen) atoms. The Morgan fingerprint density at radius 3 is 2.59 bits per heavy atom. The average molecular weight is 558 g/mol. The fraction of sp³-hybridized carbons (Fsp3) is 0.379. The summed E-state index contributed by atoms with van der Waals surface area (Å²) in [6.07, 6.45) is 2.80. The Balaban J connectivity index is 1.82. The molecule has 3 atom stereocenters. The van der Waals surface area contributed by atoms with Gasteiger partial charge in [0.05, 0.1) is 17.7 Å². The van der Waals surface area contributed by atoms with Crippen LogP contribution in [0.2, 0.25) is 5.02 Å². The maximum atomic E-state index is 13.8. The molecule has 0 aliphatic carbocycles. The van der Waals surface area contributed by atoms with Gasteiger partial charge in [-0.05, 0) is 76.4 Å². The molecule has 208 valence electrons. The third-order valence-electron chi connectivity index (χ3n) is 6.58. The Labute approximate surface area is 232 Å². The predicted octanol–water partition coefficient (Wildman–Crippen LogP) is 4.93. The summed E-state index contributed by atoms with van der Waals surface area (Å²) < 4.78 is 19.2. The first-order chi connectivity index (χ1) is 18.3. The van der Waals surface area contributed by atoms with E-state index in [0.717, 1.165) is 5.56 Å². The molecular formula is C29H33ClFN3O5. The van der Waals surface area contributed by atoms with E-state index >= 15 is 0 Å². The second-order valence-electron chi connectivity index (χ2n) is 10.2. The third kappa shape index (κ3) is 7.30. The topological polar surface area (TPSA) is 120 Å². The van der Waals surface area contributed by atoms with Crippen molar-refractivity contribution < 1.29 is 28.6 Å². The first kappa shape index (κ1) is 30.0. The van der Waals surface area contributed by atoms with Gasteiger partial charge in [0, 0.05) is 27.9 Å². The van der Waals surface area contributed by atoms with Gasteiger partial charge in [0.25, 0.3) is 5.91 Å². The zero-order valence-corrected chi connectivity index (χ0v) is 23.1. The fourth-order valence-electron chi connectivity index (χ4n) is 4.77. The summed E-state index contributed by atoms with van der Waals surface area (Å²) in [5.41, 5.74) is -0.132. The van der Waals surface area contributed by atoms with E-state index in [1.165, 1.54) is 31.2 Å². The molecule has 1 aliphatic heterocycles. The molecular weight excluding hydrogens is 525 g/mol. The quantitative estimate of drug-likeness (QED) is 0.165. The highest BCUT2D eigenvalue weighted by molar-refractivity contribution is 6.30. The van der Waals surface area contributed by atoms with E-state index in [9.17, 15) is 23.9 Å². The Morgan fingerprint density at radius 1 is 1.28 bits per heavy atom. The number of hydrogen-bond acceptors (Lipinski definition) is 6. The summed E-state index contributed by atoms with van der Waals surface area (Å²) in [5.74, 6) is -1.11. The van der Waals surface area contributed by atoms with Crippen molar-refractivity contribution in [3.63, 3.8) is 0 Å². The highest BCUT2D eigenvalue weighted by atomic mass is 35.5. The minimum atomic E-state index is -1.18. The summed E-state index contributed by atoms with van der Waals surface area (Å²) in [5, 5.41) is 21.5. The van der Waals surface area contributed by atoms with E-state index < -0.39 is 30.3 Å². The van der Waals surface area contributed by atoms with Gasteiger partial charge in [-0.3, -0.25) is 14.4 Å². The van der Waals surface area contributed by atoms with Gasteiger partial charge < -0.3 is 25.5 Å². The zero-order valence-electron chi connectivity index (χ0n) is 22.3.